The maximum absolute atomic E-state index is 11.1. The molecule has 1 aliphatic carbocycles. The zero-order chi connectivity index (χ0) is 12.3. The number of hydrogen-bond donors (Lipinski definition) is 1. The van der Waals surface area contributed by atoms with E-state index in [0.717, 1.165) is 6.54 Å². The largest absolute Gasteiger partial charge is 0.476 e. The molecular formula is C13H14N2O2. The van der Waals surface area contributed by atoms with E-state index in [-0.39, 0.29) is 5.69 Å². The Morgan fingerprint density at radius 1 is 1.65 bits per heavy atom. The highest BCUT2D eigenvalue weighted by molar-refractivity contribution is 5.92. The molecule has 0 aromatic carbocycles. The van der Waals surface area contributed by atoms with Crippen molar-refractivity contribution in [3.8, 4) is 12.3 Å². The first-order valence-electron chi connectivity index (χ1n) is 5.59. The first-order valence-corrected chi connectivity index (χ1v) is 5.59. The average molecular weight is 230 g/mol. The average Bonchev–Trinajstić information content (AvgIpc) is 3.12. The van der Waals surface area contributed by atoms with Crippen molar-refractivity contribution in [2.75, 3.05) is 18.0 Å². The Hall–Kier alpha value is -2.02. The number of terminal acetylenes is 1. The summed E-state index contributed by atoms with van der Waals surface area (Å²) >= 11 is 0. The Kier molecular flexibility index (Phi) is 3.29. The van der Waals surface area contributed by atoms with E-state index in [1.807, 2.05) is 4.90 Å². The topological polar surface area (TPSA) is 53.4 Å². The van der Waals surface area contributed by atoms with E-state index >= 15 is 0 Å². The Labute approximate surface area is 100 Å². The summed E-state index contributed by atoms with van der Waals surface area (Å²) in [7, 11) is 0. The highest BCUT2D eigenvalue weighted by atomic mass is 16.4. The molecule has 0 unspecified atom stereocenters. The second-order valence-electron chi connectivity index (χ2n) is 4.20. The van der Waals surface area contributed by atoms with Gasteiger partial charge in [0.25, 0.3) is 0 Å². The minimum Gasteiger partial charge on any atom is -0.476 e. The van der Waals surface area contributed by atoms with Crippen LogP contribution < -0.4 is 4.90 Å². The number of aromatic nitrogens is 1. The van der Waals surface area contributed by atoms with Crippen LogP contribution in [0.25, 0.3) is 0 Å². The van der Waals surface area contributed by atoms with Crippen molar-refractivity contribution >= 4 is 11.7 Å². The number of aromatic carboxylic acids is 1. The Balaban J connectivity index is 2.27. The van der Waals surface area contributed by atoms with Gasteiger partial charge in [-0.2, -0.15) is 0 Å². The predicted octanol–water partition coefficient (Wildman–Crippen LogP) is 1.63. The molecule has 0 bridgehead atoms. The maximum atomic E-state index is 11.1. The molecule has 0 amide bonds. The Morgan fingerprint density at radius 3 is 3.00 bits per heavy atom. The molecule has 0 radical (unpaired) electrons. The number of hydrogen-bond acceptors (Lipinski definition) is 3. The zero-order valence-corrected chi connectivity index (χ0v) is 9.47. The summed E-state index contributed by atoms with van der Waals surface area (Å²) in [6.45, 7) is 1.23. The second kappa shape index (κ2) is 4.88. The van der Waals surface area contributed by atoms with Gasteiger partial charge < -0.3 is 10.0 Å². The molecular weight excluding hydrogens is 216 g/mol. The lowest BCUT2D eigenvalue weighted by Crippen LogP contribution is -2.28. The lowest BCUT2D eigenvalue weighted by molar-refractivity contribution is 0.0691. The number of pyridine rings is 1. The van der Waals surface area contributed by atoms with E-state index in [1.54, 1.807) is 12.1 Å². The molecule has 4 nitrogen and oxygen atoms in total. The van der Waals surface area contributed by atoms with Crippen molar-refractivity contribution in [2.45, 2.75) is 12.8 Å². The summed E-state index contributed by atoms with van der Waals surface area (Å²) in [4.78, 5) is 16.9. The smallest absolute Gasteiger partial charge is 0.356 e. The normalized spacial score (nSPS) is 14.1. The first kappa shape index (κ1) is 11.5. The van der Waals surface area contributed by atoms with Crippen LogP contribution in [-0.2, 0) is 0 Å². The lowest BCUT2D eigenvalue weighted by Gasteiger charge is -2.23. The molecule has 1 aliphatic rings. The molecule has 17 heavy (non-hydrogen) atoms. The van der Waals surface area contributed by atoms with Crippen molar-refractivity contribution in [3.63, 3.8) is 0 Å². The SMILES string of the molecule is C#CCN(CC1CC1)c1cccnc1C(=O)O. The molecule has 2 rings (SSSR count). The summed E-state index contributed by atoms with van der Waals surface area (Å²) in [5.41, 5.74) is 0.688. The van der Waals surface area contributed by atoms with Crippen molar-refractivity contribution in [2.24, 2.45) is 5.92 Å². The van der Waals surface area contributed by atoms with E-state index in [1.165, 1.54) is 19.0 Å². The van der Waals surface area contributed by atoms with E-state index in [4.69, 9.17) is 11.5 Å². The van der Waals surface area contributed by atoms with Gasteiger partial charge >= 0.3 is 5.97 Å². The van der Waals surface area contributed by atoms with E-state index in [0.29, 0.717) is 18.2 Å². The third kappa shape index (κ3) is 2.76. The highest BCUT2D eigenvalue weighted by Gasteiger charge is 2.26. The summed E-state index contributed by atoms with van der Waals surface area (Å²) in [5.74, 6) is 2.20. The van der Waals surface area contributed by atoms with Gasteiger partial charge in [-0.1, -0.05) is 5.92 Å². The molecule has 4 heteroatoms. The number of rotatable bonds is 5. The predicted molar refractivity (Wildman–Crippen MR) is 65.0 cm³/mol. The Bertz CT molecular complexity index is 461. The van der Waals surface area contributed by atoms with Crippen LogP contribution in [0.15, 0.2) is 18.3 Å². The molecule has 0 atom stereocenters. The number of nitrogens with zero attached hydrogens (tertiary/aromatic N) is 2. The van der Waals surface area contributed by atoms with Gasteiger partial charge in [-0.15, -0.1) is 6.42 Å². The van der Waals surface area contributed by atoms with Gasteiger partial charge in [0.05, 0.1) is 12.2 Å². The highest BCUT2D eigenvalue weighted by Crippen LogP contribution is 2.31. The van der Waals surface area contributed by atoms with Crippen LogP contribution >= 0.6 is 0 Å². The van der Waals surface area contributed by atoms with Crippen molar-refractivity contribution in [1.82, 2.24) is 4.98 Å². The maximum Gasteiger partial charge on any atom is 0.356 e. The van der Waals surface area contributed by atoms with E-state index in [9.17, 15) is 4.79 Å². The molecule has 1 saturated carbocycles. The van der Waals surface area contributed by atoms with Crippen LogP contribution in [-0.4, -0.2) is 29.1 Å². The fraction of sp³-hybridized carbons (Fsp3) is 0.385. The minimum atomic E-state index is -1.02. The lowest BCUT2D eigenvalue weighted by atomic mass is 10.2. The third-order valence-corrected chi connectivity index (χ3v) is 2.79. The zero-order valence-electron chi connectivity index (χ0n) is 9.47. The van der Waals surface area contributed by atoms with Crippen molar-refractivity contribution in [1.29, 1.82) is 0 Å². The molecule has 88 valence electrons. The summed E-state index contributed by atoms with van der Waals surface area (Å²) in [5, 5.41) is 9.09. The van der Waals surface area contributed by atoms with E-state index < -0.39 is 5.97 Å². The summed E-state index contributed by atoms with van der Waals surface area (Å²) < 4.78 is 0. The molecule has 0 spiro atoms. The van der Waals surface area contributed by atoms with Gasteiger partial charge in [-0.3, -0.25) is 0 Å². The minimum absolute atomic E-state index is 0.0726. The fourth-order valence-electron chi connectivity index (χ4n) is 1.79. The van der Waals surface area contributed by atoms with Crippen LogP contribution in [0.3, 0.4) is 0 Å². The Morgan fingerprint density at radius 2 is 2.41 bits per heavy atom. The van der Waals surface area contributed by atoms with Crippen LogP contribution in [0.2, 0.25) is 0 Å². The van der Waals surface area contributed by atoms with Crippen molar-refractivity contribution < 1.29 is 9.90 Å². The number of anilines is 1. The van der Waals surface area contributed by atoms with E-state index in [2.05, 4.69) is 10.9 Å². The molecule has 1 aromatic rings. The van der Waals surface area contributed by atoms with Gasteiger partial charge in [0.1, 0.15) is 0 Å². The van der Waals surface area contributed by atoms with Gasteiger partial charge in [0, 0.05) is 12.7 Å². The third-order valence-electron chi connectivity index (χ3n) is 2.79. The second-order valence-corrected chi connectivity index (χ2v) is 4.20. The van der Waals surface area contributed by atoms with Gasteiger partial charge in [-0.25, -0.2) is 9.78 Å². The van der Waals surface area contributed by atoms with Crippen molar-refractivity contribution in [3.05, 3.63) is 24.0 Å². The fourth-order valence-corrected chi connectivity index (χ4v) is 1.79. The van der Waals surface area contributed by atoms with Gasteiger partial charge in [0.2, 0.25) is 0 Å². The first-order chi connectivity index (χ1) is 8.22. The van der Waals surface area contributed by atoms with Crippen LogP contribution in [0, 0.1) is 18.3 Å². The molecule has 1 fully saturated rings. The molecule has 1 N–H and O–H groups in total. The standard InChI is InChI=1S/C13H14N2O2/c1-2-8-15(9-10-5-6-10)11-4-3-7-14-12(11)13(16)17/h1,3-4,7,10H,5-6,8-9H2,(H,16,17). The molecule has 1 aromatic heterocycles. The number of carboxylic acid groups (broad SMARTS) is 1. The molecule has 1 heterocycles. The quantitative estimate of drug-likeness (QED) is 0.781. The van der Waals surface area contributed by atoms with Crippen LogP contribution in [0.1, 0.15) is 23.3 Å². The van der Waals surface area contributed by atoms with Gasteiger partial charge in [0.15, 0.2) is 5.69 Å². The number of carbonyl (C=O) groups is 1. The monoisotopic (exact) mass is 230 g/mol. The molecule has 0 saturated heterocycles. The summed E-state index contributed by atoms with van der Waals surface area (Å²) in [6.07, 6.45) is 9.21. The van der Waals surface area contributed by atoms with Gasteiger partial charge in [-0.05, 0) is 30.9 Å². The number of carboxylic acids is 1. The summed E-state index contributed by atoms with van der Waals surface area (Å²) in [6, 6.07) is 3.49. The van der Waals surface area contributed by atoms with Crippen LogP contribution in [0.5, 0.6) is 0 Å². The van der Waals surface area contributed by atoms with Crippen LogP contribution in [0.4, 0.5) is 5.69 Å². The molecule has 0 aliphatic heterocycles.